The van der Waals surface area contributed by atoms with Gasteiger partial charge in [-0.25, -0.2) is 0 Å². The van der Waals surface area contributed by atoms with E-state index in [1.165, 1.54) is 11.1 Å². The maximum absolute atomic E-state index is 12.0. The Labute approximate surface area is 116 Å². The number of carbonyl (C=O) groups is 1. The fourth-order valence-electron chi connectivity index (χ4n) is 2.34. The van der Waals surface area contributed by atoms with Crippen molar-refractivity contribution in [2.24, 2.45) is 11.7 Å². The van der Waals surface area contributed by atoms with Crippen LogP contribution in [-0.2, 0) is 10.2 Å². The largest absolute Gasteiger partial charge is 0.355 e. The quantitative estimate of drug-likeness (QED) is 0.827. The summed E-state index contributed by atoms with van der Waals surface area (Å²) >= 11 is 0. The highest BCUT2D eigenvalue weighted by Crippen LogP contribution is 2.25. The summed E-state index contributed by atoms with van der Waals surface area (Å²) in [6, 6.07) is 8.31. The molecule has 1 unspecified atom stereocenters. The van der Waals surface area contributed by atoms with Gasteiger partial charge < -0.3 is 11.1 Å². The standard InChI is InChI=1S/C16H26N2O/c1-5-13(10-17)15(19)18-11-16(3,4)14-9-7-6-8-12(14)2/h6-9,13H,5,10-11,17H2,1-4H3,(H,18,19). The van der Waals surface area contributed by atoms with E-state index in [-0.39, 0.29) is 17.2 Å². The number of rotatable bonds is 6. The summed E-state index contributed by atoms with van der Waals surface area (Å²) in [6.45, 7) is 9.44. The molecule has 3 heteroatoms. The van der Waals surface area contributed by atoms with Crippen LogP contribution in [0.5, 0.6) is 0 Å². The van der Waals surface area contributed by atoms with Crippen molar-refractivity contribution in [3.8, 4) is 0 Å². The minimum absolute atomic E-state index is 0.0617. The SMILES string of the molecule is CCC(CN)C(=O)NCC(C)(C)c1ccccc1C. The van der Waals surface area contributed by atoms with E-state index in [2.05, 4.69) is 38.2 Å². The van der Waals surface area contributed by atoms with E-state index >= 15 is 0 Å². The van der Waals surface area contributed by atoms with Gasteiger partial charge in [-0.2, -0.15) is 0 Å². The number of hydrogen-bond acceptors (Lipinski definition) is 2. The van der Waals surface area contributed by atoms with Crippen molar-refractivity contribution < 1.29 is 4.79 Å². The number of benzene rings is 1. The van der Waals surface area contributed by atoms with Crippen LogP contribution in [0.25, 0.3) is 0 Å². The monoisotopic (exact) mass is 262 g/mol. The summed E-state index contributed by atoms with van der Waals surface area (Å²) in [4.78, 5) is 12.0. The molecule has 1 aromatic carbocycles. The van der Waals surface area contributed by atoms with Crippen molar-refractivity contribution in [1.82, 2.24) is 5.32 Å². The first kappa shape index (κ1) is 15.7. The minimum Gasteiger partial charge on any atom is -0.355 e. The predicted octanol–water partition coefficient (Wildman–Crippen LogP) is 2.37. The maximum atomic E-state index is 12.0. The minimum atomic E-state index is -0.0762. The summed E-state index contributed by atoms with van der Waals surface area (Å²) in [6.07, 6.45) is 0.785. The van der Waals surface area contributed by atoms with Gasteiger partial charge in [0.1, 0.15) is 0 Å². The third kappa shape index (κ3) is 4.06. The molecule has 1 atom stereocenters. The van der Waals surface area contributed by atoms with Crippen molar-refractivity contribution in [1.29, 1.82) is 0 Å². The molecule has 106 valence electrons. The first-order valence-corrected chi connectivity index (χ1v) is 6.96. The van der Waals surface area contributed by atoms with E-state index in [1.807, 2.05) is 19.1 Å². The zero-order valence-corrected chi connectivity index (χ0v) is 12.5. The summed E-state index contributed by atoms with van der Waals surface area (Å²) < 4.78 is 0. The van der Waals surface area contributed by atoms with Crippen LogP contribution in [0.2, 0.25) is 0 Å². The van der Waals surface area contributed by atoms with Crippen LogP contribution in [0, 0.1) is 12.8 Å². The fraction of sp³-hybridized carbons (Fsp3) is 0.562. The van der Waals surface area contributed by atoms with E-state index in [0.29, 0.717) is 13.1 Å². The molecule has 0 fully saturated rings. The first-order chi connectivity index (χ1) is 8.92. The second kappa shape index (κ2) is 6.71. The molecule has 0 radical (unpaired) electrons. The molecule has 0 spiro atoms. The molecule has 0 bridgehead atoms. The molecule has 0 aliphatic heterocycles. The normalized spacial score (nSPS) is 13.1. The summed E-state index contributed by atoms with van der Waals surface area (Å²) in [5.74, 6) is -0.0145. The molecule has 0 saturated heterocycles. The number of nitrogens with two attached hydrogens (primary N) is 1. The van der Waals surface area contributed by atoms with E-state index < -0.39 is 0 Å². The van der Waals surface area contributed by atoms with Crippen LogP contribution in [0.15, 0.2) is 24.3 Å². The van der Waals surface area contributed by atoms with Crippen molar-refractivity contribution >= 4 is 5.91 Å². The third-order valence-electron chi connectivity index (χ3n) is 3.73. The van der Waals surface area contributed by atoms with Crippen molar-refractivity contribution in [3.63, 3.8) is 0 Å². The summed E-state index contributed by atoms with van der Waals surface area (Å²) in [5.41, 5.74) is 8.05. The van der Waals surface area contributed by atoms with Gasteiger partial charge in [0.15, 0.2) is 0 Å². The van der Waals surface area contributed by atoms with Crippen LogP contribution in [0.4, 0.5) is 0 Å². The van der Waals surface area contributed by atoms with E-state index in [0.717, 1.165) is 6.42 Å². The molecular weight excluding hydrogens is 236 g/mol. The average molecular weight is 262 g/mol. The van der Waals surface area contributed by atoms with Crippen LogP contribution in [-0.4, -0.2) is 19.0 Å². The van der Waals surface area contributed by atoms with Crippen LogP contribution < -0.4 is 11.1 Å². The van der Waals surface area contributed by atoms with Gasteiger partial charge in [-0.05, 0) is 24.5 Å². The number of nitrogens with one attached hydrogen (secondary N) is 1. The molecule has 0 saturated carbocycles. The zero-order chi connectivity index (χ0) is 14.5. The highest BCUT2D eigenvalue weighted by molar-refractivity contribution is 5.78. The van der Waals surface area contributed by atoms with Gasteiger partial charge in [0, 0.05) is 24.4 Å². The average Bonchev–Trinajstić information content (AvgIpc) is 2.38. The third-order valence-corrected chi connectivity index (χ3v) is 3.73. The molecule has 19 heavy (non-hydrogen) atoms. The van der Waals surface area contributed by atoms with Gasteiger partial charge in [0.25, 0.3) is 0 Å². The highest BCUT2D eigenvalue weighted by Gasteiger charge is 2.24. The molecular formula is C16H26N2O. The molecule has 3 nitrogen and oxygen atoms in total. The van der Waals surface area contributed by atoms with Crippen LogP contribution >= 0.6 is 0 Å². The van der Waals surface area contributed by atoms with Crippen molar-refractivity contribution in [3.05, 3.63) is 35.4 Å². The van der Waals surface area contributed by atoms with E-state index in [9.17, 15) is 4.79 Å². The Kier molecular flexibility index (Phi) is 5.55. The maximum Gasteiger partial charge on any atom is 0.224 e. The Bertz CT molecular complexity index is 423. The fourth-order valence-corrected chi connectivity index (χ4v) is 2.34. The second-order valence-corrected chi connectivity index (χ2v) is 5.76. The lowest BCUT2D eigenvalue weighted by Crippen LogP contribution is -2.41. The van der Waals surface area contributed by atoms with Gasteiger partial charge >= 0.3 is 0 Å². The molecule has 0 aliphatic rings. The van der Waals surface area contributed by atoms with E-state index in [4.69, 9.17) is 5.73 Å². The lowest BCUT2D eigenvalue weighted by atomic mass is 9.82. The molecule has 3 N–H and O–H groups in total. The Morgan fingerprint density at radius 2 is 2.00 bits per heavy atom. The van der Waals surface area contributed by atoms with Gasteiger partial charge in [-0.15, -0.1) is 0 Å². The molecule has 0 aliphatic carbocycles. The Morgan fingerprint density at radius 3 is 2.53 bits per heavy atom. The number of aryl methyl sites for hydroxylation is 1. The van der Waals surface area contributed by atoms with Gasteiger partial charge in [0.05, 0.1) is 0 Å². The molecule has 0 aromatic heterocycles. The van der Waals surface area contributed by atoms with Gasteiger partial charge in [-0.3, -0.25) is 4.79 Å². The summed E-state index contributed by atoms with van der Waals surface area (Å²) in [5, 5.41) is 3.03. The highest BCUT2D eigenvalue weighted by atomic mass is 16.1. The number of hydrogen-bond donors (Lipinski definition) is 2. The van der Waals surface area contributed by atoms with Crippen molar-refractivity contribution in [2.75, 3.05) is 13.1 Å². The van der Waals surface area contributed by atoms with Gasteiger partial charge in [0.2, 0.25) is 5.91 Å². The lowest BCUT2D eigenvalue weighted by molar-refractivity contribution is -0.125. The Hall–Kier alpha value is -1.35. The Morgan fingerprint density at radius 1 is 1.37 bits per heavy atom. The summed E-state index contributed by atoms with van der Waals surface area (Å²) in [7, 11) is 0. The zero-order valence-electron chi connectivity index (χ0n) is 12.5. The molecule has 1 amide bonds. The first-order valence-electron chi connectivity index (χ1n) is 6.96. The number of carbonyl (C=O) groups excluding carboxylic acids is 1. The predicted molar refractivity (Wildman–Crippen MR) is 80.1 cm³/mol. The smallest absolute Gasteiger partial charge is 0.224 e. The number of amides is 1. The van der Waals surface area contributed by atoms with Crippen LogP contribution in [0.1, 0.15) is 38.3 Å². The topological polar surface area (TPSA) is 55.1 Å². The Balaban J connectivity index is 2.71. The van der Waals surface area contributed by atoms with Crippen molar-refractivity contribution in [2.45, 2.75) is 39.5 Å². The van der Waals surface area contributed by atoms with Crippen LogP contribution in [0.3, 0.4) is 0 Å². The molecule has 1 rings (SSSR count). The van der Waals surface area contributed by atoms with Gasteiger partial charge in [-0.1, -0.05) is 45.0 Å². The lowest BCUT2D eigenvalue weighted by Gasteiger charge is -2.28. The molecule has 0 heterocycles. The van der Waals surface area contributed by atoms with E-state index in [1.54, 1.807) is 0 Å². The second-order valence-electron chi connectivity index (χ2n) is 5.76. The molecule has 1 aromatic rings.